The molecule has 0 saturated heterocycles. The minimum atomic E-state index is -0.493. The Morgan fingerprint density at radius 1 is 1.44 bits per heavy atom. The van der Waals surface area contributed by atoms with E-state index >= 15 is 0 Å². The van der Waals surface area contributed by atoms with Gasteiger partial charge in [-0.2, -0.15) is 0 Å². The number of rotatable bonds is 6. The quantitative estimate of drug-likeness (QED) is 0.457. The van der Waals surface area contributed by atoms with Crippen molar-refractivity contribution in [3.8, 4) is 0 Å². The monoisotopic (exact) mass is 243 g/mol. The van der Waals surface area contributed by atoms with Gasteiger partial charge >= 0.3 is 0 Å². The van der Waals surface area contributed by atoms with Gasteiger partial charge in [-0.15, -0.1) is 0 Å². The van der Waals surface area contributed by atoms with Crippen molar-refractivity contribution in [2.24, 2.45) is 5.73 Å². The summed E-state index contributed by atoms with van der Waals surface area (Å²) in [6.07, 6.45) is 1.87. The van der Waals surface area contributed by atoms with Crippen molar-refractivity contribution >= 4 is 23.0 Å². The molecule has 0 spiro atoms. The number of nitrogens with one attached hydrogen (secondary N) is 1. The lowest BCUT2D eigenvalue weighted by atomic mass is 10.2. The zero-order valence-electron chi connectivity index (χ0n) is 8.78. The van der Waals surface area contributed by atoms with Gasteiger partial charge in [0, 0.05) is 18.3 Å². The predicted octanol–water partition coefficient (Wildman–Crippen LogP) is 2.40. The molecular weight excluding hydrogens is 230 g/mol. The van der Waals surface area contributed by atoms with Gasteiger partial charge in [0.25, 0.3) is 5.69 Å². The molecule has 0 aromatic heterocycles. The Balaban J connectivity index is 2.61. The molecule has 0 saturated carbocycles. The number of nitro benzene ring substituents is 1. The van der Waals surface area contributed by atoms with Crippen molar-refractivity contribution in [1.82, 2.24) is 0 Å². The Morgan fingerprint density at radius 3 is 2.81 bits per heavy atom. The highest BCUT2D eigenvalue weighted by atomic mass is 35.5. The Bertz CT molecular complexity index is 371. The summed E-state index contributed by atoms with van der Waals surface area (Å²) in [5.41, 5.74) is 5.98. The van der Waals surface area contributed by atoms with E-state index in [4.69, 9.17) is 17.3 Å². The molecule has 5 nitrogen and oxygen atoms in total. The van der Waals surface area contributed by atoms with Gasteiger partial charge < -0.3 is 11.1 Å². The fraction of sp³-hybridized carbons (Fsp3) is 0.400. The first kappa shape index (κ1) is 12.7. The van der Waals surface area contributed by atoms with Crippen LogP contribution in [0.5, 0.6) is 0 Å². The smallest absolute Gasteiger partial charge is 0.289 e. The molecule has 1 rings (SSSR count). The van der Waals surface area contributed by atoms with Gasteiger partial charge in [-0.25, -0.2) is 0 Å². The summed E-state index contributed by atoms with van der Waals surface area (Å²) in [4.78, 5) is 10.1. The molecule has 0 aliphatic heterocycles. The third-order valence-electron chi connectivity index (χ3n) is 2.10. The molecule has 0 aliphatic rings. The van der Waals surface area contributed by atoms with Crippen LogP contribution in [-0.2, 0) is 0 Å². The number of hydrogen-bond acceptors (Lipinski definition) is 4. The van der Waals surface area contributed by atoms with E-state index in [1.54, 1.807) is 6.07 Å². The second-order valence-corrected chi connectivity index (χ2v) is 3.75. The van der Waals surface area contributed by atoms with Crippen LogP contribution >= 0.6 is 11.6 Å². The minimum Gasteiger partial charge on any atom is -0.385 e. The lowest BCUT2D eigenvalue weighted by Crippen LogP contribution is -2.05. The maximum atomic E-state index is 10.6. The van der Waals surface area contributed by atoms with Crippen molar-refractivity contribution in [1.29, 1.82) is 0 Å². The molecule has 88 valence electrons. The standard InChI is InChI=1S/C10H14ClN3O2/c11-9-4-3-8(7-10(9)14(15)16)13-6-2-1-5-12/h3-4,7,13H,1-2,5-6,12H2. The van der Waals surface area contributed by atoms with Gasteiger partial charge in [-0.05, 0) is 31.5 Å². The molecule has 1 aromatic carbocycles. The third kappa shape index (κ3) is 3.67. The first-order chi connectivity index (χ1) is 7.65. The summed E-state index contributed by atoms with van der Waals surface area (Å²) in [5.74, 6) is 0. The average Bonchev–Trinajstić information content (AvgIpc) is 2.26. The lowest BCUT2D eigenvalue weighted by molar-refractivity contribution is -0.384. The Hall–Kier alpha value is -1.33. The molecule has 3 N–H and O–H groups in total. The van der Waals surface area contributed by atoms with Crippen molar-refractivity contribution in [3.05, 3.63) is 33.3 Å². The van der Waals surface area contributed by atoms with Crippen molar-refractivity contribution in [3.63, 3.8) is 0 Å². The lowest BCUT2D eigenvalue weighted by Gasteiger charge is -2.05. The molecule has 0 aliphatic carbocycles. The second-order valence-electron chi connectivity index (χ2n) is 3.35. The topological polar surface area (TPSA) is 81.2 Å². The van der Waals surface area contributed by atoms with Crippen LogP contribution in [-0.4, -0.2) is 18.0 Å². The van der Waals surface area contributed by atoms with Crippen LogP contribution in [0, 0.1) is 10.1 Å². The molecule has 16 heavy (non-hydrogen) atoms. The van der Waals surface area contributed by atoms with E-state index in [1.165, 1.54) is 12.1 Å². The molecule has 0 fully saturated rings. The summed E-state index contributed by atoms with van der Waals surface area (Å²) in [7, 11) is 0. The van der Waals surface area contributed by atoms with E-state index in [2.05, 4.69) is 5.32 Å². The second kappa shape index (κ2) is 6.30. The maximum Gasteiger partial charge on any atom is 0.289 e. The zero-order chi connectivity index (χ0) is 12.0. The summed E-state index contributed by atoms with van der Waals surface area (Å²) >= 11 is 5.69. The predicted molar refractivity (Wildman–Crippen MR) is 64.9 cm³/mol. The minimum absolute atomic E-state index is 0.0782. The van der Waals surface area contributed by atoms with Gasteiger partial charge in [0.05, 0.1) is 4.92 Å². The SMILES string of the molecule is NCCCCNc1ccc(Cl)c([N+](=O)[O-])c1. The molecule has 1 aromatic rings. The van der Waals surface area contributed by atoms with Crippen LogP contribution in [0.2, 0.25) is 5.02 Å². The molecule has 0 bridgehead atoms. The first-order valence-electron chi connectivity index (χ1n) is 5.03. The largest absolute Gasteiger partial charge is 0.385 e. The molecule has 0 unspecified atom stereocenters. The fourth-order valence-corrected chi connectivity index (χ4v) is 1.45. The van der Waals surface area contributed by atoms with Crippen molar-refractivity contribution < 1.29 is 4.92 Å². The molecule has 6 heteroatoms. The molecular formula is C10H14ClN3O2. The number of nitrogens with two attached hydrogens (primary N) is 1. The number of benzene rings is 1. The fourth-order valence-electron chi connectivity index (χ4n) is 1.26. The zero-order valence-corrected chi connectivity index (χ0v) is 9.54. The van der Waals surface area contributed by atoms with E-state index in [1.807, 2.05) is 0 Å². The molecule has 0 heterocycles. The van der Waals surface area contributed by atoms with Crippen molar-refractivity contribution in [2.45, 2.75) is 12.8 Å². The third-order valence-corrected chi connectivity index (χ3v) is 2.42. The van der Waals surface area contributed by atoms with Gasteiger partial charge in [0.15, 0.2) is 0 Å². The van der Waals surface area contributed by atoms with Gasteiger partial charge in [0.1, 0.15) is 5.02 Å². The Morgan fingerprint density at radius 2 is 2.19 bits per heavy atom. The average molecular weight is 244 g/mol. The van der Waals surface area contributed by atoms with E-state index in [-0.39, 0.29) is 10.7 Å². The van der Waals surface area contributed by atoms with Gasteiger partial charge in [-0.1, -0.05) is 11.6 Å². The van der Waals surface area contributed by atoms with Crippen molar-refractivity contribution in [2.75, 3.05) is 18.4 Å². The Kier molecular flexibility index (Phi) is 5.01. The molecule has 0 amide bonds. The highest BCUT2D eigenvalue weighted by Gasteiger charge is 2.12. The van der Waals surface area contributed by atoms with E-state index in [0.717, 1.165) is 19.4 Å². The maximum absolute atomic E-state index is 10.6. The number of halogens is 1. The van der Waals surface area contributed by atoms with Crippen LogP contribution < -0.4 is 11.1 Å². The van der Waals surface area contributed by atoms with E-state index in [9.17, 15) is 10.1 Å². The normalized spacial score (nSPS) is 10.1. The van der Waals surface area contributed by atoms with E-state index < -0.39 is 4.92 Å². The highest BCUT2D eigenvalue weighted by Crippen LogP contribution is 2.27. The number of anilines is 1. The summed E-state index contributed by atoms with van der Waals surface area (Å²) < 4.78 is 0. The van der Waals surface area contributed by atoms with Crippen LogP contribution in [0.15, 0.2) is 18.2 Å². The highest BCUT2D eigenvalue weighted by molar-refractivity contribution is 6.32. The van der Waals surface area contributed by atoms with Crippen LogP contribution in [0.3, 0.4) is 0 Å². The molecule has 0 radical (unpaired) electrons. The van der Waals surface area contributed by atoms with Gasteiger partial charge in [-0.3, -0.25) is 10.1 Å². The van der Waals surface area contributed by atoms with Crippen LogP contribution in [0.4, 0.5) is 11.4 Å². The first-order valence-corrected chi connectivity index (χ1v) is 5.41. The summed E-state index contributed by atoms with van der Waals surface area (Å²) in [6.45, 7) is 1.40. The summed E-state index contributed by atoms with van der Waals surface area (Å²) in [5, 5.41) is 13.9. The number of nitro groups is 1. The number of unbranched alkanes of at least 4 members (excludes halogenated alkanes) is 1. The Labute approximate surface area is 98.7 Å². The molecule has 0 atom stereocenters. The van der Waals surface area contributed by atoms with Crippen LogP contribution in [0.25, 0.3) is 0 Å². The number of nitrogens with zero attached hydrogens (tertiary/aromatic N) is 1. The van der Waals surface area contributed by atoms with Gasteiger partial charge in [0.2, 0.25) is 0 Å². The number of hydrogen-bond donors (Lipinski definition) is 2. The summed E-state index contributed by atoms with van der Waals surface area (Å²) in [6, 6.07) is 4.67. The van der Waals surface area contributed by atoms with E-state index in [0.29, 0.717) is 12.2 Å². The van der Waals surface area contributed by atoms with Crippen LogP contribution in [0.1, 0.15) is 12.8 Å².